The first-order valence-corrected chi connectivity index (χ1v) is 12.0. The lowest BCUT2D eigenvalue weighted by Crippen LogP contribution is -2.30. The summed E-state index contributed by atoms with van der Waals surface area (Å²) in [6.45, 7) is 10.8. The summed E-state index contributed by atoms with van der Waals surface area (Å²) >= 11 is 0. The van der Waals surface area contributed by atoms with E-state index in [0.717, 1.165) is 27.8 Å². The molecule has 0 N–H and O–H groups in total. The van der Waals surface area contributed by atoms with E-state index >= 15 is 0 Å². The lowest BCUT2D eigenvalue weighted by atomic mass is 9.78. The van der Waals surface area contributed by atoms with Crippen molar-refractivity contribution < 1.29 is 28.6 Å². The van der Waals surface area contributed by atoms with Crippen molar-refractivity contribution in [3.63, 3.8) is 0 Å². The van der Waals surface area contributed by atoms with Crippen LogP contribution in [0.5, 0.6) is 11.5 Å². The Balaban J connectivity index is 2.01. The molecule has 0 spiro atoms. The minimum Gasteiger partial charge on any atom is -0.441 e. The standard InChI is InChI=1S/C30H30O6/c1-17(2)24-15-21(11-13-27(24)34-19(5)31)30(26-10-8-7-9-23(26)29(33)36-30)22-12-14-28(35-20(6)32)25(16-22)18(3)4/h7-18H,1-6H3. The van der Waals surface area contributed by atoms with Crippen LogP contribution in [0.3, 0.4) is 0 Å². The van der Waals surface area contributed by atoms with E-state index in [0.29, 0.717) is 17.1 Å². The molecule has 3 aromatic rings. The molecule has 0 aromatic heterocycles. The van der Waals surface area contributed by atoms with Crippen molar-refractivity contribution in [3.05, 3.63) is 94.0 Å². The Morgan fingerprint density at radius 2 is 1.22 bits per heavy atom. The van der Waals surface area contributed by atoms with Gasteiger partial charge >= 0.3 is 17.9 Å². The number of esters is 3. The number of carbonyl (C=O) groups excluding carboxylic acids is 3. The maximum atomic E-state index is 13.1. The van der Waals surface area contributed by atoms with Crippen molar-refractivity contribution in [2.45, 2.75) is 59.0 Å². The first kappa shape index (κ1) is 25.2. The second kappa shape index (κ2) is 9.61. The Morgan fingerprint density at radius 1 is 0.750 bits per heavy atom. The molecule has 6 nitrogen and oxygen atoms in total. The van der Waals surface area contributed by atoms with E-state index in [9.17, 15) is 14.4 Å². The van der Waals surface area contributed by atoms with Gasteiger partial charge in [-0.05, 0) is 53.3 Å². The third kappa shape index (κ3) is 4.39. The lowest BCUT2D eigenvalue weighted by Gasteiger charge is -2.32. The van der Waals surface area contributed by atoms with Crippen molar-refractivity contribution in [1.82, 2.24) is 0 Å². The molecular weight excluding hydrogens is 456 g/mol. The second-order valence-electron chi connectivity index (χ2n) is 9.62. The molecule has 36 heavy (non-hydrogen) atoms. The van der Waals surface area contributed by atoms with Gasteiger partial charge in [0.25, 0.3) is 0 Å². The number of rotatable bonds is 6. The van der Waals surface area contributed by atoms with Crippen molar-refractivity contribution >= 4 is 17.9 Å². The average Bonchev–Trinajstić information content (AvgIpc) is 3.12. The molecule has 3 aromatic carbocycles. The van der Waals surface area contributed by atoms with Crippen molar-refractivity contribution in [1.29, 1.82) is 0 Å². The molecule has 0 unspecified atom stereocenters. The van der Waals surface area contributed by atoms with Gasteiger partial charge in [0.15, 0.2) is 5.60 Å². The highest BCUT2D eigenvalue weighted by molar-refractivity contribution is 5.96. The molecule has 0 saturated carbocycles. The quantitative estimate of drug-likeness (QED) is 0.303. The van der Waals surface area contributed by atoms with Gasteiger partial charge in [-0.25, -0.2) is 4.79 Å². The van der Waals surface area contributed by atoms with Gasteiger partial charge in [-0.2, -0.15) is 0 Å². The number of benzene rings is 3. The van der Waals surface area contributed by atoms with Crippen LogP contribution in [0, 0.1) is 0 Å². The molecule has 6 heteroatoms. The maximum Gasteiger partial charge on any atom is 0.340 e. The van der Waals surface area contributed by atoms with Crippen LogP contribution >= 0.6 is 0 Å². The van der Waals surface area contributed by atoms with Gasteiger partial charge in [0.1, 0.15) is 11.5 Å². The molecule has 1 aliphatic rings. The van der Waals surface area contributed by atoms with Crippen molar-refractivity contribution in [2.75, 3.05) is 0 Å². The maximum absolute atomic E-state index is 13.1. The highest BCUT2D eigenvalue weighted by atomic mass is 16.6. The highest BCUT2D eigenvalue weighted by Gasteiger charge is 2.49. The summed E-state index contributed by atoms with van der Waals surface area (Å²) in [5, 5.41) is 0. The van der Waals surface area contributed by atoms with E-state index in [-0.39, 0.29) is 11.8 Å². The van der Waals surface area contributed by atoms with Gasteiger partial charge in [0.2, 0.25) is 0 Å². The zero-order valence-electron chi connectivity index (χ0n) is 21.4. The third-order valence-corrected chi connectivity index (χ3v) is 6.36. The SMILES string of the molecule is CC(=O)Oc1ccc(C2(c3ccc(OC(C)=O)c(C(C)C)c3)OC(=O)c3ccccc32)cc1C(C)C. The molecule has 0 bridgehead atoms. The number of hydrogen-bond donors (Lipinski definition) is 0. The largest absolute Gasteiger partial charge is 0.441 e. The second-order valence-corrected chi connectivity index (χ2v) is 9.62. The summed E-state index contributed by atoms with van der Waals surface area (Å²) in [6.07, 6.45) is 0. The zero-order chi connectivity index (χ0) is 26.2. The molecule has 0 radical (unpaired) electrons. The predicted octanol–water partition coefficient (Wildman–Crippen LogP) is 6.25. The molecule has 0 amide bonds. The summed E-state index contributed by atoms with van der Waals surface area (Å²) < 4.78 is 17.2. The third-order valence-electron chi connectivity index (χ3n) is 6.36. The summed E-state index contributed by atoms with van der Waals surface area (Å²) in [4.78, 5) is 36.5. The molecule has 0 atom stereocenters. The predicted molar refractivity (Wildman–Crippen MR) is 135 cm³/mol. The Hall–Kier alpha value is -3.93. The van der Waals surface area contributed by atoms with E-state index in [1.54, 1.807) is 18.2 Å². The molecule has 186 valence electrons. The van der Waals surface area contributed by atoms with Crippen LogP contribution in [-0.2, 0) is 19.9 Å². The molecule has 0 saturated heterocycles. The number of hydrogen-bond acceptors (Lipinski definition) is 6. The fourth-order valence-corrected chi connectivity index (χ4v) is 4.75. The average molecular weight is 487 g/mol. The Kier molecular flexibility index (Phi) is 6.72. The van der Waals surface area contributed by atoms with Crippen LogP contribution in [0.4, 0.5) is 0 Å². The number of carbonyl (C=O) groups is 3. The molecule has 4 rings (SSSR count). The van der Waals surface area contributed by atoms with Crippen LogP contribution < -0.4 is 9.47 Å². The minimum atomic E-state index is -1.23. The summed E-state index contributed by atoms with van der Waals surface area (Å²) in [5.74, 6) is -0.193. The van der Waals surface area contributed by atoms with Crippen molar-refractivity contribution in [3.8, 4) is 11.5 Å². The fourth-order valence-electron chi connectivity index (χ4n) is 4.75. The topological polar surface area (TPSA) is 78.9 Å². The highest BCUT2D eigenvalue weighted by Crippen LogP contribution is 2.49. The Bertz CT molecular complexity index is 1280. The molecule has 1 heterocycles. The fraction of sp³-hybridized carbons (Fsp3) is 0.300. The molecular formula is C30H30O6. The monoisotopic (exact) mass is 486 g/mol. The van der Waals surface area contributed by atoms with Gasteiger partial charge in [-0.1, -0.05) is 58.0 Å². The van der Waals surface area contributed by atoms with E-state index in [1.165, 1.54) is 13.8 Å². The minimum absolute atomic E-state index is 0.0428. The Labute approximate surface area is 211 Å². The van der Waals surface area contributed by atoms with Crippen LogP contribution in [-0.4, -0.2) is 17.9 Å². The van der Waals surface area contributed by atoms with Gasteiger partial charge in [0, 0.05) is 30.5 Å². The molecule has 0 aliphatic carbocycles. The van der Waals surface area contributed by atoms with Crippen LogP contribution in [0.1, 0.15) is 91.6 Å². The first-order chi connectivity index (χ1) is 17.0. The van der Waals surface area contributed by atoms with Gasteiger partial charge < -0.3 is 14.2 Å². The summed E-state index contributed by atoms with van der Waals surface area (Å²) in [6, 6.07) is 18.4. The smallest absolute Gasteiger partial charge is 0.340 e. The van der Waals surface area contributed by atoms with E-state index in [2.05, 4.69) is 0 Å². The van der Waals surface area contributed by atoms with E-state index in [1.807, 2.05) is 70.2 Å². The number of fused-ring (bicyclic) bond motifs is 1. The Morgan fingerprint density at radius 3 is 1.67 bits per heavy atom. The van der Waals surface area contributed by atoms with Crippen molar-refractivity contribution in [2.24, 2.45) is 0 Å². The van der Waals surface area contributed by atoms with Gasteiger partial charge in [-0.15, -0.1) is 0 Å². The molecule has 1 aliphatic heterocycles. The number of cyclic esters (lactones) is 1. The normalized spacial score (nSPS) is 13.9. The van der Waals surface area contributed by atoms with Crippen LogP contribution in [0.2, 0.25) is 0 Å². The number of ether oxygens (including phenoxy) is 3. The van der Waals surface area contributed by atoms with Crippen LogP contribution in [0.25, 0.3) is 0 Å². The molecule has 0 fully saturated rings. The van der Waals surface area contributed by atoms with Gasteiger partial charge in [-0.3, -0.25) is 9.59 Å². The van der Waals surface area contributed by atoms with E-state index in [4.69, 9.17) is 14.2 Å². The van der Waals surface area contributed by atoms with Gasteiger partial charge in [0.05, 0.1) is 5.56 Å². The summed E-state index contributed by atoms with van der Waals surface area (Å²) in [7, 11) is 0. The van der Waals surface area contributed by atoms with Crippen LogP contribution in [0.15, 0.2) is 60.7 Å². The van der Waals surface area contributed by atoms with E-state index < -0.39 is 23.5 Å². The zero-order valence-corrected chi connectivity index (χ0v) is 21.4. The lowest BCUT2D eigenvalue weighted by molar-refractivity contribution is -0.132. The summed E-state index contributed by atoms with van der Waals surface area (Å²) in [5.41, 5.74) is 3.09. The first-order valence-electron chi connectivity index (χ1n) is 12.0.